The Hall–Kier alpha value is -3.29. The Bertz CT molecular complexity index is 855. The Kier molecular flexibility index (Phi) is 6.89. The maximum atomic E-state index is 12.4. The fourth-order valence-electron chi connectivity index (χ4n) is 3.34. The van der Waals surface area contributed by atoms with Crippen molar-refractivity contribution in [3.63, 3.8) is 0 Å². The van der Waals surface area contributed by atoms with Crippen LogP contribution in [0.1, 0.15) is 26.5 Å². The Morgan fingerprint density at radius 3 is 2.52 bits per heavy atom. The second kappa shape index (κ2) is 9.77. The van der Waals surface area contributed by atoms with Gasteiger partial charge in [-0.25, -0.2) is 0 Å². The molecule has 0 bridgehead atoms. The second-order valence-corrected chi connectivity index (χ2v) is 6.76. The second-order valence-electron chi connectivity index (χ2n) is 6.76. The van der Waals surface area contributed by atoms with Crippen molar-refractivity contribution < 1.29 is 14.0 Å². The van der Waals surface area contributed by atoms with E-state index < -0.39 is 0 Å². The molecule has 0 aliphatic carbocycles. The van der Waals surface area contributed by atoms with Gasteiger partial charge in [0.1, 0.15) is 0 Å². The largest absolute Gasteiger partial charge is 0.459 e. The SMILES string of the molecule is CN=C(NCCc1cccc(C(=O)NC)c1)N1CCN(C(=O)c2ccco2)CC1. The first-order chi connectivity index (χ1) is 14.1. The van der Waals surface area contributed by atoms with E-state index in [-0.39, 0.29) is 11.8 Å². The lowest BCUT2D eigenvalue weighted by atomic mass is 10.1. The van der Waals surface area contributed by atoms with Crippen molar-refractivity contribution in [2.45, 2.75) is 6.42 Å². The van der Waals surface area contributed by atoms with E-state index in [4.69, 9.17) is 4.42 Å². The lowest BCUT2D eigenvalue weighted by Crippen LogP contribution is -2.54. The van der Waals surface area contributed by atoms with Crippen molar-refractivity contribution in [3.8, 4) is 0 Å². The van der Waals surface area contributed by atoms with Crippen LogP contribution in [0.2, 0.25) is 0 Å². The zero-order valence-corrected chi connectivity index (χ0v) is 16.9. The number of amides is 2. The Morgan fingerprint density at radius 2 is 1.86 bits per heavy atom. The third kappa shape index (κ3) is 5.16. The van der Waals surface area contributed by atoms with Crippen molar-refractivity contribution >= 4 is 17.8 Å². The summed E-state index contributed by atoms with van der Waals surface area (Å²) >= 11 is 0. The molecule has 1 aromatic heterocycles. The minimum atomic E-state index is -0.0856. The first kappa shape index (κ1) is 20.4. The van der Waals surface area contributed by atoms with Crippen LogP contribution in [0, 0.1) is 0 Å². The Balaban J connectivity index is 1.48. The highest BCUT2D eigenvalue weighted by Crippen LogP contribution is 2.10. The number of rotatable bonds is 5. The molecule has 29 heavy (non-hydrogen) atoms. The molecule has 1 saturated heterocycles. The van der Waals surface area contributed by atoms with E-state index >= 15 is 0 Å². The molecule has 1 aromatic carbocycles. The fraction of sp³-hybridized carbons (Fsp3) is 0.381. The van der Waals surface area contributed by atoms with Crippen molar-refractivity contribution in [2.24, 2.45) is 4.99 Å². The van der Waals surface area contributed by atoms with E-state index in [1.54, 1.807) is 37.2 Å². The third-order valence-electron chi connectivity index (χ3n) is 4.92. The smallest absolute Gasteiger partial charge is 0.289 e. The Labute approximate surface area is 170 Å². The monoisotopic (exact) mass is 397 g/mol. The molecule has 0 atom stereocenters. The molecule has 2 heterocycles. The van der Waals surface area contributed by atoms with Gasteiger partial charge in [-0.05, 0) is 36.2 Å². The molecule has 1 aliphatic rings. The highest BCUT2D eigenvalue weighted by Gasteiger charge is 2.25. The predicted octanol–water partition coefficient (Wildman–Crippen LogP) is 1.22. The number of aliphatic imine (C=N–C) groups is 1. The molecule has 8 heteroatoms. The van der Waals surface area contributed by atoms with Crippen LogP contribution in [-0.2, 0) is 6.42 Å². The number of carbonyl (C=O) groups is 2. The molecule has 8 nitrogen and oxygen atoms in total. The van der Waals surface area contributed by atoms with Crippen LogP contribution in [0.15, 0.2) is 52.1 Å². The molecule has 0 unspecified atom stereocenters. The van der Waals surface area contributed by atoms with Crippen LogP contribution in [0.25, 0.3) is 0 Å². The van der Waals surface area contributed by atoms with E-state index in [0.29, 0.717) is 44.0 Å². The minimum absolute atomic E-state index is 0.0754. The summed E-state index contributed by atoms with van der Waals surface area (Å²) in [7, 11) is 3.39. The van der Waals surface area contributed by atoms with Crippen molar-refractivity contribution in [3.05, 3.63) is 59.5 Å². The number of nitrogens with zero attached hydrogens (tertiary/aromatic N) is 3. The molecule has 0 radical (unpaired) electrons. The number of nitrogens with one attached hydrogen (secondary N) is 2. The van der Waals surface area contributed by atoms with Crippen LogP contribution in [-0.4, -0.2) is 74.4 Å². The standard InChI is InChI=1S/C21H27N5O3/c1-22-19(27)17-6-3-5-16(15-17)8-9-24-21(23-2)26-12-10-25(11-13-26)20(28)18-7-4-14-29-18/h3-7,14-15H,8-13H2,1-2H3,(H,22,27)(H,23,24). The zero-order valence-electron chi connectivity index (χ0n) is 16.9. The summed E-state index contributed by atoms with van der Waals surface area (Å²) in [4.78, 5) is 32.4. The van der Waals surface area contributed by atoms with E-state index in [0.717, 1.165) is 17.9 Å². The summed E-state index contributed by atoms with van der Waals surface area (Å²) in [6.45, 7) is 3.36. The molecule has 0 spiro atoms. The molecule has 3 rings (SSSR count). The minimum Gasteiger partial charge on any atom is -0.459 e. The number of piperazine rings is 1. The molecule has 1 fully saturated rings. The van der Waals surface area contributed by atoms with Gasteiger partial charge in [0, 0.05) is 52.4 Å². The lowest BCUT2D eigenvalue weighted by molar-refractivity contribution is 0.0657. The number of furan rings is 1. The fourth-order valence-corrected chi connectivity index (χ4v) is 3.34. The highest BCUT2D eigenvalue weighted by atomic mass is 16.3. The molecule has 1 aliphatic heterocycles. The predicted molar refractivity (Wildman–Crippen MR) is 111 cm³/mol. The normalized spacial score (nSPS) is 14.6. The number of hydrogen-bond donors (Lipinski definition) is 2. The van der Waals surface area contributed by atoms with Gasteiger partial charge in [-0.2, -0.15) is 0 Å². The third-order valence-corrected chi connectivity index (χ3v) is 4.92. The number of benzene rings is 1. The molecule has 154 valence electrons. The zero-order chi connectivity index (χ0) is 20.6. The van der Waals surface area contributed by atoms with Gasteiger partial charge in [-0.3, -0.25) is 14.6 Å². The van der Waals surface area contributed by atoms with E-state index in [2.05, 4.69) is 20.5 Å². The van der Waals surface area contributed by atoms with E-state index in [1.807, 2.05) is 18.2 Å². The molecular weight excluding hydrogens is 370 g/mol. The molecule has 0 saturated carbocycles. The van der Waals surface area contributed by atoms with Gasteiger partial charge in [-0.15, -0.1) is 0 Å². The van der Waals surface area contributed by atoms with Gasteiger partial charge in [0.2, 0.25) is 0 Å². The van der Waals surface area contributed by atoms with E-state index in [1.165, 1.54) is 6.26 Å². The molecule has 2 aromatic rings. The summed E-state index contributed by atoms with van der Waals surface area (Å²) in [6, 6.07) is 11.0. The summed E-state index contributed by atoms with van der Waals surface area (Å²) in [5.41, 5.74) is 1.75. The summed E-state index contributed by atoms with van der Waals surface area (Å²) in [5, 5.41) is 6.02. The number of guanidine groups is 1. The van der Waals surface area contributed by atoms with Crippen LogP contribution < -0.4 is 10.6 Å². The molecule has 2 N–H and O–H groups in total. The first-order valence-electron chi connectivity index (χ1n) is 9.71. The van der Waals surface area contributed by atoms with Crippen LogP contribution >= 0.6 is 0 Å². The van der Waals surface area contributed by atoms with Crippen LogP contribution in [0.3, 0.4) is 0 Å². The quantitative estimate of drug-likeness (QED) is 0.585. The summed E-state index contributed by atoms with van der Waals surface area (Å²) < 4.78 is 5.20. The van der Waals surface area contributed by atoms with Crippen molar-refractivity contribution in [1.82, 2.24) is 20.4 Å². The van der Waals surface area contributed by atoms with Gasteiger partial charge in [0.15, 0.2) is 11.7 Å². The van der Waals surface area contributed by atoms with Gasteiger partial charge in [-0.1, -0.05) is 12.1 Å². The molecule has 2 amide bonds. The van der Waals surface area contributed by atoms with Gasteiger partial charge >= 0.3 is 0 Å². The Morgan fingerprint density at radius 1 is 1.10 bits per heavy atom. The van der Waals surface area contributed by atoms with Crippen LogP contribution in [0.4, 0.5) is 0 Å². The summed E-state index contributed by atoms with van der Waals surface area (Å²) in [5.74, 6) is 1.03. The average Bonchev–Trinajstić information content (AvgIpc) is 3.31. The maximum absolute atomic E-state index is 12.4. The van der Waals surface area contributed by atoms with Crippen molar-refractivity contribution in [1.29, 1.82) is 0 Å². The van der Waals surface area contributed by atoms with Gasteiger partial charge in [0.05, 0.1) is 6.26 Å². The molecular formula is C21H27N5O3. The topological polar surface area (TPSA) is 90.2 Å². The van der Waals surface area contributed by atoms with E-state index in [9.17, 15) is 9.59 Å². The number of hydrogen-bond acceptors (Lipinski definition) is 4. The first-order valence-corrected chi connectivity index (χ1v) is 9.71. The average molecular weight is 397 g/mol. The number of carbonyl (C=O) groups excluding carboxylic acids is 2. The highest BCUT2D eigenvalue weighted by molar-refractivity contribution is 5.94. The van der Waals surface area contributed by atoms with Gasteiger partial charge in [0.25, 0.3) is 11.8 Å². The van der Waals surface area contributed by atoms with Gasteiger partial charge < -0.3 is 24.9 Å². The van der Waals surface area contributed by atoms with Crippen LogP contribution in [0.5, 0.6) is 0 Å². The maximum Gasteiger partial charge on any atom is 0.289 e. The van der Waals surface area contributed by atoms with Crippen molar-refractivity contribution in [2.75, 3.05) is 46.8 Å². The lowest BCUT2D eigenvalue weighted by Gasteiger charge is -2.36. The summed E-state index contributed by atoms with van der Waals surface area (Å²) in [6.07, 6.45) is 2.29.